The van der Waals surface area contributed by atoms with Crippen molar-refractivity contribution in [3.05, 3.63) is 182 Å². The molecule has 0 unspecified atom stereocenters. The van der Waals surface area contributed by atoms with Crippen molar-refractivity contribution in [3.8, 4) is 34.0 Å². The van der Waals surface area contributed by atoms with Crippen LogP contribution >= 0.6 is 11.3 Å². The molecule has 55 heavy (non-hydrogen) atoms. The highest BCUT2D eigenvalue weighted by Gasteiger charge is 2.27. The standard InChI is InChI=1S/C50H30N4S/c1-4-16-31(17-5-1)46-38-30-34(28-29-39(38)51-50(52-46)32-18-6-2-7-19-32)54-40-25-13-10-22-35(40)43-44-37-24-12-15-27-42(37)55-49(44)48-45(47(43)54)36-23-11-14-26-41(36)53(48)33-20-8-3-9-21-33/h1-30H. The van der Waals surface area contributed by atoms with Gasteiger partial charge in [-0.05, 0) is 48.5 Å². The normalized spacial score (nSPS) is 12.0. The molecule has 0 atom stereocenters. The van der Waals surface area contributed by atoms with E-state index in [1.54, 1.807) is 0 Å². The van der Waals surface area contributed by atoms with Gasteiger partial charge < -0.3 is 9.13 Å². The highest BCUT2D eigenvalue weighted by molar-refractivity contribution is 7.27. The molecule has 4 heterocycles. The van der Waals surface area contributed by atoms with E-state index in [2.05, 4.69) is 173 Å². The molecule has 0 fully saturated rings. The zero-order chi connectivity index (χ0) is 36.0. The third kappa shape index (κ3) is 4.39. The Morgan fingerprint density at radius 1 is 0.400 bits per heavy atom. The molecule has 8 aromatic carbocycles. The molecule has 0 N–H and O–H groups in total. The maximum Gasteiger partial charge on any atom is 0.160 e. The Kier molecular flexibility index (Phi) is 6.47. The number of benzene rings is 8. The number of thiophene rings is 1. The number of rotatable bonds is 4. The predicted molar refractivity (Wildman–Crippen MR) is 232 cm³/mol. The lowest BCUT2D eigenvalue weighted by Crippen LogP contribution is -1.99. The molecular weight excluding hydrogens is 689 g/mol. The topological polar surface area (TPSA) is 35.6 Å². The maximum absolute atomic E-state index is 5.26. The summed E-state index contributed by atoms with van der Waals surface area (Å²) in [4.78, 5) is 10.4. The zero-order valence-electron chi connectivity index (χ0n) is 29.5. The van der Waals surface area contributed by atoms with Gasteiger partial charge in [-0.2, -0.15) is 0 Å². The minimum absolute atomic E-state index is 0.721. The molecule has 0 bridgehead atoms. The quantitative estimate of drug-likeness (QED) is 0.182. The number of nitrogens with zero attached hydrogens (tertiary/aromatic N) is 4. The molecule has 0 radical (unpaired) electrons. The summed E-state index contributed by atoms with van der Waals surface area (Å²) in [7, 11) is 0. The summed E-state index contributed by atoms with van der Waals surface area (Å²) >= 11 is 1.90. The Labute approximate surface area is 319 Å². The average molecular weight is 719 g/mol. The van der Waals surface area contributed by atoms with E-state index in [9.17, 15) is 0 Å². The summed E-state index contributed by atoms with van der Waals surface area (Å²) in [6, 6.07) is 65.0. The number of para-hydroxylation sites is 3. The molecule has 0 amide bonds. The molecule has 0 aliphatic carbocycles. The summed E-state index contributed by atoms with van der Waals surface area (Å²) in [6.45, 7) is 0. The van der Waals surface area contributed by atoms with E-state index in [-0.39, 0.29) is 0 Å². The Morgan fingerprint density at radius 2 is 0.982 bits per heavy atom. The molecular formula is C50H30N4S. The van der Waals surface area contributed by atoms with Crippen LogP contribution in [0.3, 0.4) is 0 Å². The van der Waals surface area contributed by atoms with Gasteiger partial charge in [0, 0.05) is 64.9 Å². The molecule has 0 aliphatic rings. The molecule has 12 rings (SSSR count). The second kappa shape index (κ2) is 11.7. The van der Waals surface area contributed by atoms with Crippen molar-refractivity contribution in [2.24, 2.45) is 0 Å². The van der Waals surface area contributed by atoms with Crippen LogP contribution in [-0.2, 0) is 0 Å². The lowest BCUT2D eigenvalue weighted by Gasteiger charge is -2.14. The van der Waals surface area contributed by atoms with Crippen LogP contribution in [0.1, 0.15) is 0 Å². The van der Waals surface area contributed by atoms with Crippen molar-refractivity contribution >= 4 is 86.0 Å². The minimum Gasteiger partial charge on any atom is -0.308 e. The fourth-order valence-electron chi connectivity index (χ4n) is 8.79. The Bertz CT molecular complexity index is 3470. The van der Waals surface area contributed by atoms with Gasteiger partial charge in [-0.1, -0.05) is 133 Å². The van der Waals surface area contributed by atoms with Gasteiger partial charge in [-0.15, -0.1) is 11.3 Å². The van der Waals surface area contributed by atoms with Crippen LogP contribution in [0.15, 0.2) is 182 Å². The van der Waals surface area contributed by atoms with Crippen molar-refractivity contribution in [1.82, 2.24) is 19.1 Å². The van der Waals surface area contributed by atoms with Gasteiger partial charge in [0.1, 0.15) is 0 Å². The molecule has 0 saturated carbocycles. The predicted octanol–water partition coefficient (Wildman–Crippen LogP) is 13.5. The van der Waals surface area contributed by atoms with E-state index in [1.165, 1.54) is 63.8 Å². The first kappa shape index (κ1) is 30.4. The molecule has 256 valence electrons. The zero-order valence-corrected chi connectivity index (χ0v) is 30.3. The van der Waals surface area contributed by atoms with Crippen LogP contribution in [-0.4, -0.2) is 19.1 Å². The van der Waals surface area contributed by atoms with Crippen molar-refractivity contribution in [2.45, 2.75) is 0 Å². The summed E-state index contributed by atoms with van der Waals surface area (Å²) in [5, 5.41) is 8.61. The van der Waals surface area contributed by atoms with Crippen molar-refractivity contribution < 1.29 is 0 Å². The van der Waals surface area contributed by atoms with E-state index in [1.807, 2.05) is 29.5 Å². The first-order valence-electron chi connectivity index (χ1n) is 18.6. The van der Waals surface area contributed by atoms with E-state index in [0.717, 1.165) is 44.9 Å². The Morgan fingerprint density at radius 3 is 1.71 bits per heavy atom. The first-order chi connectivity index (χ1) is 27.3. The van der Waals surface area contributed by atoms with Gasteiger partial charge in [0.25, 0.3) is 0 Å². The number of hydrogen-bond donors (Lipinski definition) is 0. The molecule has 12 aromatic rings. The van der Waals surface area contributed by atoms with Crippen LogP contribution < -0.4 is 0 Å². The summed E-state index contributed by atoms with van der Waals surface area (Å²) in [5.74, 6) is 0.721. The summed E-state index contributed by atoms with van der Waals surface area (Å²) < 4.78 is 7.58. The largest absolute Gasteiger partial charge is 0.308 e. The molecule has 4 aromatic heterocycles. The van der Waals surface area contributed by atoms with Gasteiger partial charge in [-0.25, -0.2) is 9.97 Å². The number of aromatic nitrogens is 4. The monoisotopic (exact) mass is 718 g/mol. The van der Waals surface area contributed by atoms with Gasteiger partial charge >= 0.3 is 0 Å². The number of hydrogen-bond acceptors (Lipinski definition) is 3. The van der Waals surface area contributed by atoms with E-state index < -0.39 is 0 Å². The van der Waals surface area contributed by atoms with Gasteiger partial charge in [0.05, 0.1) is 38.0 Å². The first-order valence-corrected chi connectivity index (χ1v) is 19.4. The Balaban J connectivity index is 1.29. The molecule has 4 nitrogen and oxygen atoms in total. The lowest BCUT2D eigenvalue weighted by molar-refractivity contribution is 1.18. The van der Waals surface area contributed by atoms with Crippen molar-refractivity contribution in [2.75, 3.05) is 0 Å². The Hall–Kier alpha value is -7.08. The van der Waals surface area contributed by atoms with E-state index in [0.29, 0.717) is 0 Å². The van der Waals surface area contributed by atoms with Crippen molar-refractivity contribution in [1.29, 1.82) is 0 Å². The second-order valence-electron chi connectivity index (χ2n) is 14.1. The highest BCUT2D eigenvalue weighted by Crippen LogP contribution is 2.51. The fourth-order valence-corrected chi connectivity index (χ4v) is 10.0. The van der Waals surface area contributed by atoms with Gasteiger partial charge in [0.2, 0.25) is 0 Å². The van der Waals surface area contributed by atoms with Crippen LogP contribution in [0.5, 0.6) is 0 Å². The van der Waals surface area contributed by atoms with E-state index in [4.69, 9.17) is 9.97 Å². The van der Waals surface area contributed by atoms with Gasteiger partial charge in [-0.3, -0.25) is 0 Å². The third-order valence-corrected chi connectivity index (χ3v) is 12.3. The van der Waals surface area contributed by atoms with Crippen LogP contribution in [0.2, 0.25) is 0 Å². The van der Waals surface area contributed by atoms with Crippen LogP contribution in [0.4, 0.5) is 0 Å². The second-order valence-corrected chi connectivity index (χ2v) is 15.2. The van der Waals surface area contributed by atoms with E-state index >= 15 is 0 Å². The smallest absolute Gasteiger partial charge is 0.160 e. The van der Waals surface area contributed by atoms with Crippen molar-refractivity contribution in [3.63, 3.8) is 0 Å². The molecule has 0 saturated heterocycles. The fraction of sp³-hybridized carbons (Fsp3) is 0. The lowest BCUT2D eigenvalue weighted by atomic mass is 10.0. The minimum atomic E-state index is 0.721. The maximum atomic E-state index is 5.26. The third-order valence-electron chi connectivity index (χ3n) is 11.1. The number of fused-ring (bicyclic) bond motifs is 13. The average Bonchev–Trinajstić information content (AvgIpc) is 3.92. The molecule has 0 aliphatic heterocycles. The summed E-state index contributed by atoms with van der Waals surface area (Å²) in [5.41, 5.74) is 10.9. The van der Waals surface area contributed by atoms with Crippen LogP contribution in [0, 0.1) is 0 Å². The van der Waals surface area contributed by atoms with Crippen LogP contribution in [0.25, 0.3) is 109 Å². The highest BCUT2D eigenvalue weighted by atomic mass is 32.1. The SMILES string of the molecule is c1ccc(-c2nc(-c3ccccc3)c3cc(-n4c5ccccc5c5c6c7ccccc7sc6c6c(c7ccccc7n6-c6ccccc6)c54)ccc3n2)cc1. The molecule has 5 heteroatoms. The molecule has 0 spiro atoms. The van der Waals surface area contributed by atoms with Gasteiger partial charge in [0.15, 0.2) is 5.82 Å². The summed E-state index contributed by atoms with van der Waals surface area (Å²) in [6.07, 6.45) is 0.